The van der Waals surface area contributed by atoms with Crippen LogP contribution in [-0.4, -0.2) is 23.4 Å². The summed E-state index contributed by atoms with van der Waals surface area (Å²) in [5, 5.41) is 11.1. The minimum absolute atomic E-state index is 0.127. The van der Waals surface area contributed by atoms with E-state index in [9.17, 15) is 19.1 Å². The zero-order valence-electron chi connectivity index (χ0n) is 17.7. The van der Waals surface area contributed by atoms with E-state index < -0.39 is 23.5 Å². The van der Waals surface area contributed by atoms with Crippen LogP contribution in [0.15, 0.2) is 78.4 Å². The molecule has 0 radical (unpaired) electrons. The van der Waals surface area contributed by atoms with Gasteiger partial charge in [0.2, 0.25) is 0 Å². The smallest absolute Gasteiger partial charge is 0.300 e. The number of para-hydroxylation sites is 1. The maximum Gasteiger partial charge on any atom is 0.300 e. The number of hydrogen-bond donors (Lipinski definition) is 1. The summed E-state index contributed by atoms with van der Waals surface area (Å²) in [6.45, 7) is 4.15. The molecule has 1 fully saturated rings. The van der Waals surface area contributed by atoms with Crippen LogP contribution < -0.4 is 9.64 Å². The number of halogens is 1. The van der Waals surface area contributed by atoms with Gasteiger partial charge in [0, 0.05) is 16.8 Å². The van der Waals surface area contributed by atoms with Crippen molar-refractivity contribution in [3.05, 3.63) is 101 Å². The van der Waals surface area contributed by atoms with Crippen LogP contribution in [0.3, 0.4) is 0 Å². The van der Waals surface area contributed by atoms with E-state index >= 15 is 0 Å². The number of rotatable bonds is 5. The summed E-state index contributed by atoms with van der Waals surface area (Å²) < 4.78 is 20.3. The maximum atomic E-state index is 14.9. The zero-order valence-corrected chi connectivity index (χ0v) is 17.7. The van der Waals surface area contributed by atoms with E-state index in [0.717, 1.165) is 5.56 Å². The number of hydrogen-bond acceptors (Lipinski definition) is 4. The molecule has 1 N–H and O–H groups in total. The van der Waals surface area contributed by atoms with Crippen LogP contribution in [-0.2, 0) is 9.59 Å². The molecule has 162 valence electrons. The number of amides is 1. The van der Waals surface area contributed by atoms with Crippen molar-refractivity contribution in [1.29, 1.82) is 0 Å². The van der Waals surface area contributed by atoms with Gasteiger partial charge in [-0.1, -0.05) is 36.4 Å². The summed E-state index contributed by atoms with van der Waals surface area (Å²) in [7, 11) is 0. The molecule has 3 aromatic carbocycles. The highest BCUT2D eigenvalue weighted by atomic mass is 19.1. The van der Waals surface area contributed by atoms with Gasteiger partial charge < -0.3 is 9.84 Å². The maximum absolute atomic E-state index is 14.9. The topological polar surface area (TPSA) is 66.8 Å². The predicted molar refractivity (Wildman–Crippen MR) is 120 cm³/mol. The lowest BCUT2D eigenvalue weighted by atomic mass is 9.94. The minimum Gasteiger partial charge on any atom is -0.507 e. The molecule has 1 saturated heterocycles. The lowest BCUT2D eigenvalue weighted by molar-refractivity contribution is -0.132. The van der Waals surface area contributed by atoms with Crippen molar-refractivity contribution in [2.45, 2.75) is 19.9 Å². The average molecular weight is 431 g/mol. The quantitative estimate of drug-likeness (QED) is 0.344. The first-order valence-corrected chi connectivity index (χ1v) is 10.3. The fourth-order valence-corrected chi connectivity index (χ4v) is 3.94. The summed E-state index contributed by atoms with van der Waals surface area (Å²) in [5.74, 6) is -2.02. The largest absolute Gasteiger partial charge is 0.507 e. The standard InChI is InChI=1S/C26H22FNO4/c1-3-32-18-14-12-17(13-15-18)24(29)22-23(19-9-5-6-10-20(19)27)28(26(31)25(22)30)21-11-7-4-8-16(21)2/h4-15,23,29H,3H2,1-2H3/b24-22+. The Morgan fingerprint density at radius 1 is 1.00 bits per heavy atom. The van der Waals surface area contributed by atoms with Crippen molar-refractivity contribution in [2.24, 2.45) is 0 Å². The molecule has 0 saturated carbocycles. The second-order valence-electron chi connectivity index (χ2n) is 7.43. The molecule has 1 atom stereocenters. The second-order valence-corrected chi connectivity index (χ2v) is 7.43. The Labute approximate surface area is 185 Å². The fourth-order valence-electron chi connectivity index (χ4n) is 3.94. The van der Waals surface area contributed by atoms with Crippen molar-refractivity contribution in [3.63, 3.8) is 0 Å². The summed E-state index contributed by atoms with van der Waals surface area (Å²) in [6.07, 6.45) is 0. The van der Waals surface area contributed by atoms with E-state index in [-0.39, 0.29) is 16.9 Å². The molecule has 1 amide bonds. The molecule has 32 heavy (non-hydrogen) atoms. The van der Waals surface area contributed by atoms with Gasteiger partial charge in [-0.2, -0.15) is 0 Å². The van der Waals surface area contributed by atoms with Crippen LogP contribution in [0.25, 0.3) is 5.76 Å². The SMILES string of the molecule is CCOc1ccc(/C(O)=C2\C(=O)C(=O)N(c3ccccc3C)C2c2ccccc2F)cc1. The normalized spacial score (nSPS) is 17.6. The number of aliphatic hydroxyl groups excluding tert-OH is 1. The number of benzene rings is 3. The van der Waals surface area contributed by atoms with Gasteiger partial charge in [-0.05, 0) is 55.8 Å². The molecule has 6 heteroatoms. The molecule has 0 aromatic heterocycles. The number of carbonyl (C=O) groups excluding carboxylic acids is 2. The number of anilines is 1. The molecule has 1 unspecified atom stereocenters. The highest BCUT2D eigenvalue weighted by Gasteiger charge is 2.48. The molecule has 4 rings (SSSR count). The Balaban J connectivity index is 1.93. The Morgan fingerprint density at radius 3 is 2.31 bits per heavy atom. The van der Waals surface area contributed by atoms with Gasteiger partial charge in [0.1, 0.15) is 17.3 Å². The third-order valence-electron chi connectivity index (χ3n) is 5.46. The van der Waals surface area contributed by atoms with Gasteiger partial charge in [-0.3, -0.25) is 14.5 Å². The van der Waals surface area contributed by atoms with E-state index in [0.29, 0.717) is 23.6 Å². The number of carbonyl (C=O) groups is 2. The Morgan fingerprint density at radius 2 is 1.66 bits per heavy atom. The number of aliphatic hydroxyl groups is 1. The van der Waals surface area contributed by atoms with E-state index in [2.05, 4.69) is 0 Å². The van der Waals surface area contributed by atoms with E-state index in [1.807, 2.05) is 13.0 Å². The van der Waals surface area contributed by atoms with Crippen molar-refractivity contribution in [3.8, 4) is 5.75 Å². The lowest BCUT2D eigenvalue weighted by Crippen LogP contribution is -2.30. The lowest BCUT2D eigenvalue weighted by Gasteiger charge is -2.27. The number of aryl methyl sites for hydroxylation is 1. The first kappa shape index (κ1) is 21.3. The van der Waals surface area contributed by atoms with E-state index in [1.54, 1.807) is 55.5 Å². The molecular weight excluding hydrogens is 409 g/mol. The first-order valence-electron chi connectivity index (χ1n) is 10.3. The fraction of sp³-hybridized carbons (Fsp3) is 0.154. The summed E-state index contributed by atoms with van der Waals surface area (Å²) in [6, 6.07) is 18.4. The van der Waals surface area contributed by atoms with Gasteiger partial charge >= 0.3 is 0 Å². The predicted octanol–water partition coefficient (Wildman–Crippen LogP) is 5.16. The highest BCUT2D eigenvalue weighted by Crippen LogP contribution is 2.43. The highest BCUT2D eigenvalue weighted by molar-refractivity contribution is 6.51. The number of ether oxygens (including phenoxy) is 1. The summed E-state index contributed by atoms with van der Waals surface area (Å²) in [4.78, 5) is 27.5. The Bertz CT molecular complexity index is 1220. The molecule has 3 aromatic rings. The summed E-state index contributed by atoms with van der Waals surface area (Å²) in [5.41, 5.74) is 1.53. The van der Waals surface area contributed by atoms with Crippen LogP contribution in [0.1, 0.15) is 29.7 Å². The van der Waals surface area contributed by atoms with Crippen LogP contribution in [0, 0.1) is 12.7 Å². The average Bonchev–Trinajstić information content (AvgIpc) is 3.05. The van der Waals surface area contributed by atoms with Gasteiger partial charge in [-0.25, -0.2) is 4.39 Å². The van der Waals surface area contributed by atoms with Crippen molar-refractivity contribution < 1.29 is 23.8 Å². The Hall–Kier alpha value is -3.93. The van der Waals surface area contributed by atoms with E-state index in [4.69, 9.17) is 4.74 Å². The van der Waals surface area contributed by atoms with Crippen LogP contribution >= 0.6 is 0 Å². The van der Waals surface area contributed by atoms with Crippen molar-refractivity contribution >= 4 is 23.1 Å². The third-order valence-corrected chi connectivity index (χ3v) is 5.46. The first-order chi connectivity index (χ1) is 15.4. The van der Waals surface area contributed by atoms with Gasteiger partial charge in [0.15, 0.2) is 0 Å². The zero-order chi connectivity index (χ0) is 22.8. The molecule has 0 spiro atoms. The van der Waals surface area contributed by atoms with Crippen molar-refractivity contribution in [1.82, 2.24) is 0 Å². The van der Waals surface area contributed by atoms with E-state index in [1.165, 1.54) is 23.1 Å². The van der Waals surface area contributed by atoms with Gasteiger partial charge in [0.25, 0.3) is 11.7 Å². The van der Waals surface area contributed by atoms with Crippen molar-refractivity contribution in [2.75, 3.05) is 11.5 Å². The molecule has 1 heterocycles. The van der Waals surface area contributed by atoms with Crippen LogP contribution in [0.2, 0.25) is 0 Å². The molecule has 1 aliphatic heterocycles. The molecule has 5 nitrogen and oxygen atoms in total. The Kier molecular flexibility index (Phi) is 5.77. The van der Waals surface area contributed by atoms with Crippen LogP contribution in [0.5, 0.6) is 5.75 Å². The minimum atomic E-state index is -1.11. The van der Waals surface area contributed by atoms with Gasteiger partial charge in [-0.15, -0.1) is 0 Å². The monoisotopic (exact) mass is 431 g/mol. The molecule has 1 aliphatic rings. The van der Waals surface area contributed by atoms with Gasteiger partial charge in [0.05, 0.1) is 18.2 Å². The number of nitrogens with zero attached hydrogens (tertiary/aromatic N) is 1. The van der Waals surface area contributed by atoms with Crippen LogP contribution in [0.4, 0.5) is 10.1 Å². The summed E-state index contributed by atoms with van der Waals surface area (Å²) >= 11 is 0. The molecular formula is C26H22FNO4. The number of Topliss-reactive ketones (excluding diaryl/α,β-unsaturated/α-hetero) is 1. The molecule has 0 bridgehead atoms. The third kappa shape index (κ3) is 3.64. The second kappa shape index (κ2) is 8.67. The number of ketones is 1. The molecule has 0 aliphatic carbocycles.